The van der Waals surface area contributed by atoms with Crippen LogP contribution in [0, 0.1) is 6.92 Å². The molecular formula is C15H19N3. The van der Waals surface area contributed by atoms with Crippen LogP contribution in [-0.4, -0.2) is 14.8 Å². The summed E-state index contributed by atoms with van der Waals surface area (Å²) in [6.07, 6.45) is 14.5. The van der Waals surface area contributed by atoms with Crippen molar-refractivity contribution in [2.45, 2.75) is 45.1 Å². The van der Waals surface area contributed by atoms with Crippen molar-refractivity contribution in [3.05, 3.63) is 36.4 Å². The maximum atomic E-state index is 4.55. The summed E-state index contributed by atoms with van der Waals surface area (Å²) in [4.78, 5) is 4.21. The monoisotopic (exact) mass is 241 g/mol. The highest BCUT2D eigenvalue weighted by Crippen LogP contribution is 2.29. The molecule has 0 N–H and O–H groups in total. The molecular weight excluding hydrogens is 222 g/mol. The Labute approximate surface area is 108 Å². The van der Waals surface area contributed by atoms with E-state index in [1.165, 1.54) is 48.8 Å². The molecule has 0 spiro atoms. The van der Waals surface area contributed by atoms with Gasteiger partial charge in [0.1, 0.15) is 0 Å². The number of nitrogens with zero attached hydrogens (tertiary/aromatic N) is 3. The van der Waals surface area contributed by atoms with Crippen molar-refractivity contribution in [2.75, 3.05) is 0 Å². The van der Waals surface area contributed by atoms with E-state index in [0.717, 1.165) is 0 Å². The van der Waals surface area contributed by atoms with Gasteiger partial charge in [-0.05, 0) is 31.4 Å². The molecule has 0 amide bonds. The van der Waals surface area contributed by atoms with Gasteiger partial charge in [-0.15, -0.1) is 0 Å². The molecule has 0 aliphatic heterocycles. The molecule has 3 heteroatoms. The second-order valence-electron chi connectivity index (χ2n) is 5.19. The van der Waals surface area contributed by atoms with Crippen LogP contribution in [0.3, 0.4) is 0 Å². The van der Waals surface area contributed by atoms with Crippen LogP contribution >= 0.6 is 0 Å². The lowest BCUT2D eigenvalue weighted by molar-refractivity contribution is 0.329. The van der Waals surface area contributed by atoms with Crippen molar-refractivity contribution < 1.29 is 0 Å². The third-order valence-electron chi connectivity index (χ3n) is 3.90. The van der Waals surface area contributed by atoms with Crippen LogP contribution in [0.4, 0.5) is 0 Å². The van der Waals surface area contributed by atoms with Gasteiger partial charge in [-0.1, -0.05) is 19.3 Å². The highest BCUT2D eigenvalue weighted by Gasteiger charge is 2.16. The van der Waals surface area contributed by atoms with Crippen LogP contribution in [0.25, 0.3) is 11.1 Å². The van der Waals surface area contributed by atoms with Gasteiger partial charge in [-0.25, -0.2) is 0 Å². The third-order valence-corrected chi connectivity index (χ3v) is 3.90. The average Bonchev–Trinajstić information content (AvgIpc) is 2.90. The molecule has 1 saturated carbocycles. The number of hydrogen-bond acceptors (Lipinski definition) is 2. The van der Waals surface area contributed by atoms with Gasteiger partial charge in [-0.2, -0.15) is 5.10 Å². The molecule has 1 fully saturated rings. The Morgan fingerprint density at radius 2 is 2.00 bits per heavy atom. The normalized spacial score (nSPS) is 16.9. The van der Waals surface area contributed by atoms with Crippen LogP contribution < -0.4 is 0 Å². The van der Waals surface area contributed by atoms with Crippen LogP contribution in [0.5, 0.6) is 0 Å². The van der Waals surface area contributed by atoms with Crippen molar-refractivity contribution in [3.63, 3.8) is 0 Å². The Kier molecular flexibility index (Phi) is 3.13. The molecule has 3 rings (SSSR count). The van der Waals surface area contributed by atoms with Crippen LogP contribution in [0.2, 0.25) is 0 Å². The Morgan fingerprint density at radius 3 is 2.78 bits per heavy atom. The zero-order valence-corrected chi connectivity index (χ0v) is 10.8. The maximum absolute atomic E-state index is 4.55. The Morgan fingerprint density at radius 1 is 1.17 bits per heavy atom. The molecule has 2 aromatic rings. The van der Waals surface area contributed by atoms with E-state index >= 15 is 0 Å². The van der Waals surface area contributed by atoms with Crippen molar-refractivity contribution in [2.24, 2.45) is 0 Å². The predicted octanol–water partition coefficient (Wildman–Crippen LogP) is 3.76. The fourth-order valence-electron chi connectivity index (χ4n) is 2.79. The first kappa shape index (κ1) is 11.5. The second kappa shape index (κ2) is 4.92. The van der Waals surface area contributed by atoms with Crippen LogP contribution in [-0.2, 0) is 0 Å². The second-order valence-corrected chi connectivity index (χ2v) is 5.19. The lowest BCUT2D eigenvalue weighted by Crippen LogP contribution is -2.12. The lowest BCUT2D eigenvalue weighted by Gasteiger charge is -2.21. The van der Waals surface area contributed by atoms with E-state index < -0.39 is 0 Å². The van der Waals surface area contributed by atoms with E-state index in [4.69, 9.17) is 0 Å². The number of rotatable bonds is 2. The first-order valence-electron chi connectivity index (χ1n) is 6.80. The molecule has 94 valence electrons. The van der Waals surface area contributed by atoms with Gasteiger partial charge in [0.25, 0.3) is 0 Å². The SMILES string of the molecule is Cc1ccncc1-c1cnn(C2CCCCC2)c1. The van der Waals surface area contributed by atoms with Crippen LogP contribution in [0.1, 0.15) is 43.7 Å². The van der Waals surface area contributed by atoms with E-state index in [1.54, 1.807) is 0 Å². The minimum absolute atomic E-state index is 0.601. The molecule has 3 nitrogen and oxygen atoms in total. The van der Waals surface area contributed by atoms with Crippen molar-refractivity contribution in [1.82, 2.24) is 14.8 Å². The third kappa shape index (κ3) is 2.17. The summed E-state index contributed by atoms with van der Waals surface area (Å²) in [5, 5.41) is 4.55. The van der Waals surface area contributed by atoms with Gasteiger partial charge >= 0.3 is 0 Å². The molecule has 1 aliphatic carbocycles. The molecule has 0 atom stereocenters. The number of hydrogen-bond donors (Lipinski definition) is 0. The van der Waals surface area contributed by atoms with E-state index in [-0.39, 0.29) is 0 Å². The van der Waals surface area contributed by atoms with Gasteiger partial charge < -0.3 is 0 Å². The molecule has 2 heterocycles. The summed E-state index contributed by atoms with van der Waals surface area (Å²) >= 11 is 0. The van der Waals surface area contributed by atoms with Gasteiger partial charge in [0.15, 0.2) is 0 Å². The number of aromatic nitrogens is 3. The molecule has 0 radical (unpaired) electrons. The highest BCUT2D eigenvalue weighted by atomic mass is 15.3. The largest absolute Gasteiger partial charge is 0.269 e. The van der Waals surface area contributed by atoms with Crippen LogP contribution in [0.15, 0.2) is 30.9 Å². The molecule has 0 aromatic carbocycles. The molecule has 18 heavy (non-hydrogen) atoms. The zero-order valence-electron chi connectivity index (χ0n) is 10.8. The summed E-state index contributed by atoms with van der Waals surface area (Å²) < 4.78 is 2.15. The fraction of sp³-hybridized carbons (Fsp3) is 0.467. The first-order chi connectivity index (χ1) is 8.84. The average molecular weight is 241 g/mol. The van der Waals surface area contributed by atoms with Gasteiger partial charge in [0.2, 0.25) is 0 Å². The van der Waals surface area contributed by atoms with Crippen molar-refractivity contribution in [1.29, 1.82) is 0 Å². The first-order valence-corrected chi connectivity index (χ1v) is 6.80. The summed E-state index contributed by atoms with van der Waals surface area (Å²) in [6, 6.07) is 2.65. The van der Waals surface area contributed by atoms with Gasteiger partial charge in [0, 0.05) is 29.7 Å². The Bertz CT molecular complexity index is 524. The standard InChI is InChI=1S/C15H19N3/c1-12-7-8-16-10-15(12)13-9-17-18(11-13)14-5-3-2-4-6-14/h7-11,14H,2-6H2,1H3. The minimum atomic E-state index is 0.601. The van der Waals surface area contributed by atoms with E-state index in [2.05, 4.69) is 27.9 Å². The van der Waals surface area contributed by atoms with Crippen molar-refractivity contribution in [3.8, 4) is 11.1 Å². The number of pyridine rings is 1. The summed E-state index contributed by atoms with van der Waals surface area (Å²) in [6.45, 7) is 2.12. The maximum Gasteiger partial charge on any atom is 0.0569 e. The highest BCUT2D eigenvalue weighted by molar-refractivity contribution is 5.64. The Hall–Kier alpha value is -1.64. The van der Waals surface area contributed by atoms with E-state index in [1.807, 2.05) is 24.7 Å². The smallest absolute Gasteiger partial charge is 0.0569 e. The topological polar surface area (TPSA) is 30.7 Å². The molecule has 1 aliphatic rings. The summed E-state index contributed by atoms with van der Waals surface area (Å²) in [5.41, 5.74) is 3.64. The fourth-order valence-corrected chi connectivity index (χ4v) is 2.79. The summed E-state index contributed by atoms with van der Waals surface area (Å²) in [7, 11) is 0. The zero-order chi connectivity index (χ0) is 12.4. The summed E-state index contributed by atoms with van der Waals surface area (Å²) in [5.74, 6) is 0. The predicted molar refractivity (Wildman–Crippen MR) is 72.3 cm³/mol. The van der Waals surface area contributed by atoms with Crippen molar-refractivity contribution >= 4 is 0 Å². The van der Waals surface area contributed by atoms with E-state index in [9.17, 15) is 0 Å². The Balaban J connectivity index is 1.87. The quantitative estimate of drug-likeness (QED) is 0.801. The molecule has 0 saturated heterocycles. The number of aryl methyl sites for hydroxylation is 1. The molecule has 2 aromatic heterocycles. The lowest BCUT2D eigenvalue weighted by atomic mass is 9.96. The molecule has 0 unspecified atom stereocenters. The van der Waals surface area contributed by atoms with Gasteiger partial charge in [-0.3, -0.25) is 9.67 Å². The molecule has 0 bridgehead atoms. The minimum Gasteiger partial charge on any atom is -0.269 e. The van der Waals surface area contributed by atoms with Gasteiger partial charge in [0.05, 0.1) is 12.2 Å². The van der Waals surface area contributed by atoms with E-state index in [0.29, 0.717) is 6.04 Å².